The predicted octanol–water partition coefficient (Wildman–Crippen LogP) is 1.06. The number of nitrogens with one attached hydrogen (secondary N) is 1. The molecule has 3 aliphatic rings. The van der Waals surface area contributed by atoms with Gasteiger partial charge in [0, 0.05) is 6.54 Å². The minimum Gasteiger partial charge on any atom is -0.454 e. The van der Waals surface area contributed by atoms with Crippen molar-refractivity contribution in [2.24, 2.45) is 0 Å². The quantitative estimate of drug-likeness (QED) is 0.882. The molecule has 3 heterocycles. The van der Waals surface area contributed by atoms with Gasteiger partial charge in [0.15, 0.2) is 11.5 Å². The first kappa shape index (κ1) is 14.2. The van der Waals surface area contributed by atoms with Crippen LogP contribution in [0.25, 0.3) is 0 Å². The Kier molecular flexibility index (Phi) is 3.28. The molecule has 23 heavy (non-hydrogen) atoms. The zero-order valence-corrected chi connectivity index (χ0v) is 12.7. The number of benzene rings is 1. The highest BCUT2D eigenvalue weighted by Gasteiger charge is 2.44. The summed E-state index contributed by atoms with van der Waals surface area (Å²) in [6.45, 7) is 1.84. The maximum absolute atomic E-state index is 12.6. The van der Waals surface area contributed by atoms with Crippen LogP contribution in [-0.4, -0.2) is 48.9 Å². The molecule has 1 spiro atoms. The van der Waals surface area contributed by atoms with Gasteiger partial charge < -0.3 is 24.4 Å². The van der Waals surface area contributed by atoms with Crippen LogP contribution in [-0.2, 0) is 16.0 Å². The number of likely N-dealkylation sites (tertiary alicyclic amines) is 1. The molecule has 1 N–H and O–H groups in total. The molecule has 0 bridgehead atoms. The van der Waals surface area contributed by atoms with Gasteiger partial charge in [0.1, 0.15) is 5.60 Å². The first-order valence-electron chi connectivity index (χ1n) is 7.77. The van der Waals surface area contributed by atoms with Gasteiger partial charge in [-0.3, -0.25) is 4.79 Å². The summed E-state index contributed by atoms with van der Waals surface area (Å²) in [5, 5.41) is 2.69. The van der Waals surface area contributed by atoms with E-state index < -0.39 is 11.7 Å². The van der Waals surface area contributed by atoms with E-state index in [-0.39, 0.29) is 12.7 Å². The number of carbonyl (C=O) groups excluding carboxylic acids is 2. The number of amides is 2. The Hall–Kier alpha value is -2.44. The third-order valence-electron chi connectivity index (χ3n) is 4.55. The molecule has 2 amide bonds. The Morgan fingerprint density at radius 1 is 1.30 bits per heavy atom. The second kappa shape index (κ2) is 5.33. The Morgan fingerprint density at radius 2 is 2.17 bits per heavy atom. The van der Waals surface area contributed by atoms with E-state index in [0.29, 0.717) is 37.6 Å². The van der Waals surface area contributed by atoms with Crippen LogP contribution in [0.3, 0.4) is 0 Å². The standard InChI is InChI=1S/C16H18N2O5/c19-14(7-11-2-3-12-13(6-11)22-10-21-12)18-5-1-4-16(9-18)8-17-15(20)23-16/h2-3,6H,1,4-5,7-10H2,(H,17,20)/t16-/m1/s1. The zero-order chi connectivity index (χ0) is 15.9. The second-order valence-corrected chi connectivity index (χ2v) is 6.21. The van der Waals surface area contributed by atoms with Gasteiger partial charge in [0.25, 0.3) is 0 Å². The van der Waals surface area contributed by atoms with E-state index >= 15 is 0 Å². The molecule has 1 aromatic carbocycles. The summed E-state index contributed by atoms with van der Waals surface area (Å²) in [6.07, 6.45) is 1.53. The third-order valence-corrected chi connectivity index (χ3v) is 4.55. The number of hydrogen-bond donors (Lipinski definition) is 1. The first-order chi connectivity index (χ1) is 11.1. The summed E-state index contributed by atoms with van der Waals surface area (Å²) < 4.78 is 16.0. The lowest BCUT2D eigenvalue weighted by molar-refractivity contribution is -0.136. The van der Waals surface area contributed by atoms with E-state index in [1.165, 1.54) is 0 Å². The van der Waals surface area contributed by atoms with Crippen molar-refractivity contribution in [3.63, 3.8) is 0 Å². The maximum atomic E-state index is 12.6. The van der Waals surface area contributed by atoms with Crippen molar-refractivity contribution in [2.45, 2.75) is 24.9 Å². The van der Waals surface area contributed by atoms with Crippen molar-refractivity contribution in [3.8, 4) is 11.5 Å². The molecule has 0 saturated carbocycles. The van der Waals surface area contributed by atoms with Crippen molar-refractivity contribution < 1.29 is 23.8 Å². The van der Waals surface area contributed by atoms with E-state index in [4.69, 9.17) is 14.2 Å². The SMILES string of the molecule is O=C1NC[C@@]2(CCCN(C(=O)Cc3ccc4c(c3)OCO4)C2)O1. The normalized spacial score (nSPS) is 25.4. The van der Waals surface area contributed by atoms with Gasteiger partial charge in [-0.1, -0.05) is 6.07 Å². The van der Waals surface area contributed by atoms with Crippen molar-refractivity contribution in [1.82, 2.24) is 10.2 Å². The van der Waals surface area contributed by atoms with Gasteiger partial charge >= 0.3 is 6.09 Å². The van der Waals surface area contributed by atoms with E-state index in [9.17, 15) is 9.59 Å². The molecule has 122 valence electrons. The zero-order valence-electron chi connectivity index (χ0n) is 12.7. The van der Waals surface area contributed by atoms with Gasteiger partial charge in [-0.15, -0.1) is 0 Å². The van der Waals surface area contributed by atoms with E-state index in [1.807, 2.05) is 18.2 Å². The van der Waals surface area contributed by atoms with Gasteiger partial charge in [-0.25, -0.2) is 4.79 Å². The highest BCUT2D eigenvalue weighted by atomic mass is 16.7. The molecule has 2 saturated heterocycles. The molecular formula is C16H18N2O5. The van der Waals surface area contributed by atoms with Crippen LogP contribution >= 0.6 is 0 Å². The van der Waals surface area contributed by atoms with Crippen molar-refractivity contribution in [2.75, 3.05) is 26.4 Å². The fourth-order valence-electron chi connectivity index (χ4n) is 3.38. The average Bonchev–Trinajstić information content (AvgIpc) is 3.14. The number of nitrogens with zero attached hydrogens (tertiary/aromatic N) is 1. The fraction of sp³-hybridized carbons (Fsp3) is 0.500. The number of fused-ring (bicyclic) bond motifs is 1. The lowest BCUT2D eigenvalue weighted by atomic mass is 9.92. The first-order valence-corrected chi connectivity index (χ1v) is 7.77. The van der Waals surface area contributed by atoms with E-state index in [0.717, 1.165) is 18.4 Å². The summed E-state index contributed by atoms with van der Waals surface area (Å²) in [5.41, 5.74) is 0.334. The molecule has 0 unspecified atom stereocenters. The Balaban J connectivity index is 1.43. The smallest absolute Gasteiger partial charge is 0.407 e. The summed E-state index contributed by atoms with van der Waals surface area (Å²) in [5.74, 6) is 1.42. The molecule has 1 atom stereocenters. The van der Waals surface area contributed by atoms with E-state index in [1.54, 1.807) is 4.90 Å². The van der Waals surface area contributed by atoms with Gasteiger partial charge in [-0.2, -0.15) is 0 Å². The van der Waals surface area contributed by atoms with Crippen LogP contribution in [0.5, 0.6) is 11.5 Å². The average molecular weight is 318 g/mol. The van der Waals surface area contributed by atoms with Crippen molar-refractivity contribution in [1.29, 1.82) is 0 Å². The molecule has 2 fully saturated rings. The van der Waals surface area contributed by atoms with Crippen molar-refractivity contribution in [3.05, 3.63) is 23.8 Å². The number of hydrogen-bond acceptors (Lipinski definition) is 5. The summed E-state index contributed by atoms with van der Waals surface area (Å²) >= 11 is 0. The molecule has 0 aliphatic carbocycles. The molecule has 4 rings (SSSR count). The molecule has 7 heteroatoms. The van der Waals surface area contributed by atoms with Crippen LogP contribution in [0.15, 0.2) is 18.2 Å². The van der Waals surface area contributed by atoms with Crippen LogP contribution in [0, 0.1) is 0 Å². The van der Waals surface area contributed by atoms with Gasteiger partial charge in [0.05, 0.1) is 19.5 Å². The van der Waals surface area contributed by atoms with Gasteiger partial charge in [-0.05, 0) is 30.5 Å². The Bertz CT molecular complexity index is 662. The van der Waals surface area contributed by atoms with Crippen LogP contribution < -0.4 is 14.8 Å². The molecular weight excluding hydrogens is 300 g/mol. The van der Waals surface area contributed by atoms with Crippen LogP contribution in [0.4, 0.5) is 4.79 Å². The van der Waals surface area contributed by atoms with E-state index in [2.05, 4.69) is 5.32 Å². The largest absolute Gasteiger partial charge is 0.454 e. The molecule has 0 aromatic heterocycles. The van der Waals surface area contributed by atoms with Crippen molar-refractivity contribution >= 4 is 12.0 Å². The highest BCUT2D eigenvalue weighted by Crippen LogP contribution is 2.33. The number of rotatable bonds is 2. The summed E-state index contributed by atoms with van der Waals surface area (Å²) in [4.78, 5) is 25.7. The monoisotopic (exact) mass is 318 g/mol. The maximum Gasteiger partial charge on any atom is 0.407 e. The minimum atomic E-state index is -0.556. The number of piperidine rings is 1. The minimum absolute atomic E-state index is 0.0332. The summed E-state index contributed by atoms with van der Waals surface area (Å²) in [6, 6.07) is 5.55. The number of carbonyl (C=O) groups is 2. The lowest BCUT2D eigenvalue weighted by Gasteiger charge is -2.38. The molecule has 0 radical (unpaired) electrons. The number of alkyl carbamates (subject to hydrolysis) is 1. The lowest BCUT2D eigenvalue weighted by Crippen LogP contribution is -2.52. The highest BCUT2D eigenvalue weighted by molar-refractivity contribution is 5.79. The van der Waals surface area contributed by atoms with Crippen LogP contribution in [0.2, 0.25) is 0 Å². The third kappa shape index (κ3) is 2.67. The molecule has 7 nitrogen and oxygen atoms in total. The molecule has 1 aromatic rings. The van der Waals surface area contributed by atoms with Crippen LogP contribution in [0.1, 0.15) is 18.4 Å². The number of ether oxygens (including phenoxy) is 3. The topological polar surface area (TPSA) is 77.1 Å². The summed E-state index contributed by atoms with van der Waals surface area (Å²) in [7, 11) is 0. The Labute approximate surface area is 133 Å². The van der Waals surface area contributed by atoms with Gasteiger partial charge in [0.2, 0.25) is 12.7 Å². The predicted molar refractivity (Wildman–Crippen MR) is 79.3 cm³/mol. The second-order valence-electron chi connectivity index (χ2n) is 6.21. The fourth-order valence-corrected chi connectivity index (χ4v) is 3.38. The Morgan fingerprint density at radius 3 is 3.00 bits per heavy atom. The molecule has 3 aliphatic heterocycles.